The standard InChI is InChI=1S/C18H17IN4OS2/c1-11-4-3-5-14(8-11)20-17-22-23-18(26-17)25-10-16(24)21-15-7-6-13(19)9-12(15)2/h3-9H,10H2,1-2H3,(H,20,22)(H,21,24). The van der Waals surface area contributed by atoms with Crippen molar-refractivity contribution in [1.82, 2.24) is 10.2 Å². The number of anilines is 3. The Kier molecular flexibility index (Phi) is 6.49. The SMILES string of the molecule is Cc1cccc(Nc2nnc(SCC(=O)Nc3ccc(I)cc3C)s2)c1. The molecule has 26 heavy (non-hydrogen) atoms. The monoisotopic (exact) mass is 496 g/mol. The molecule has 0 aliphatic heterocycles. The normalized spacial score (nSPS) is 10.6. The average molecular weight is 496 g/mol. The highest BCUT2D eigenvalue weighted by Crippen LogP contribution is 2.28. The number of nitrogens with one attached hydrogen (secondary N) is 2. The molecule has 0 atom stereocenters. The quantitative estimate of drug-likeness (QED) is 0.361. The largest absolute Gasteiger partial charge is 0.330 e. The highest BCUT2D eigenvalue weighted by molar-refractivity contribution is 14.1. The van der Waals surface area contributed by atoms with Gasteiger partial charge in [0.2, 0.25) is 11.0 Å². The zero-order chi connectivity index (χ0) is 18.5. The molecular formula is C18H17IN4OS2. The van der Waals surface area contributed by atoms with Crippen molar-refractivity contribution in [1.29, 1.82) is 0 Å². The van der Waals surface area contributed by atoms with Crippen LogP contribution in [0, 0.1) is 17.4 Å². The second kappa shape index (κ2) is 8.83. The summed E-state index contributed by atoms with van der Waals surface area (Å²) < 4.78 is 1.91. The zero-order valence-electron chi connectivity index (χ0n) is 14.2. The van der Waals surface area contributed by atoms with Gasteiger partial charge >= 0.3 is 0 Å². The van der Waals surface area contributed by atoms with Gasteiger partial charge in [-0.1, -0.05) is 35.2 Å². The molecule has 1 amide bonds. The van der Waals surface area contributed by atoms with Crippen LogP contribution in [0.15, 0.2) is 46.8 Å². The summed E-state index contributed by atoms with van der Waals surface area (Å²) in [6, 6.07) is 14.0. The van der Waals surface area contributed by atoms with E-state index in [0.717, 1.165) is 24.8 Å². The summed E-state index contributed by atoms with van der Waals surface area (Å²) in [5, 5.41) is 15.2. The fraction of sp³-hybridized carbons (Fsp3) is 0.167. The molecule has 3 rings (SSSR count). The minimum atomic E-state index is -0.0531. The van der Waals surface area contributed by atoms with E-state index in [2.05, 4.69) is 43.4 Å². The van der Waals surface area contributed by atoms with Crippen molar-refractivity contribution in [2.75, 3.05) is 16.4 Å². The summed E-state index contributed by atoms with van der Waals surface area (Å²) in [4.78, 5) is 12.2. The molecule has 2 N–H and O–H groups in total. The molecule has 0 radical (unpaired) electrons. The number of nitrogens with zero attached hydrogens (tertiary/aromatic N) is 2. The molecular weight excluding hydrogens is 479 g/mol. The van der Waals surface area contributed by atoms with E-state index in [4.69, 9.17) is 0 Å². The first kappa shape index (κ1) is 19.1. The second-order valence-electron chi connectivity index (χ2n) is 5.66. The van der Waals surface area contributed by atoms with E-state index in [1.54, 1.807) is 0 Å². The van der Waals surface area contributed by atoms with Crippen LogP contribution in [0.4, 0.5) is 16.5 Å². The van der Waals surface area contributed by atoms with Crippen LogP contribution in [0.1, 0.15) is 11.1 Å². The fourth-order valence-electron chi connectivity index (χ4n) is 2.25. The Morgan fingerprint density at radius 1 is 1.19 bits per heavy atom. The molecule has 3 aromatic rings. The van der Waals surface area contributed by atoms with Gasteiger partial charge in [-0.15, -0.1) is 10.2 Å². The van der Waals surface area contributed by atoms with Crippen molar-refractivity contribution in [3.63, 3.8) is 0 Å². The van der Waals surface area contributed by atoms with Gasteiger partial charge in [0.15, 0.2) is 4.34 Å². The third-order valence-electron chi connectivity index (χ3n) is 3.47. The number of aryl methyl sites for hydroxylation is 2. The zero-order valence-corrected chi connectivity index (χ0v) is 18.0. The Balaban J connectivity index is 1.53. The molecule has 0 aliphatic carbocycles. The molecule has 1 heterocycles. The third-order valence-corrected chi connectivity index (χ3v) is 6.11. The van der Waals surface area contributed by atoms with Crippen molar-refractivity contribution < 1.29 is 4.79 Å². The van der Waals surface area contributed by atoms with E-state index in [1.807, 2.05) is 56.3 Å². The lowest BCUT2D eigenvalue weighted by molar-refractivity contribution is -0.113. The Morgan fingerprint density at radius 2 is 2.04 bits per heavy atom. The Morgan fingerprint density at radius 3 is 2.81 bits per heavy atom. The maximum Gasteiger partial charge on any atom is 0.234 e. The predicted molar refractivity (Wildman–Crippen MR) is 118 cm³/mol. The van der Waals surface area contributed by atoms with Crippen molar-refractivity contribution in [2.24, 2.45) is 0 Å². The first-order chi connectivity index (χ1) is 12.5. The number of amides is 1. The molecule has 0 saturated carbocycles. The van der Waals surface area contributed by atoms with E-state index in [9.17, 15) is 4.79 Å². The van der Waals surface area contributed by atoms with Gasteiger partial charge in [0.05, 0.1) is 5.75 Å². The van der Waals surface area contributed by atoms with Gasteiger partial charge in [0, 0.05) is 14.9 Å². The Bertz CT molecular complexity index is 929. The number of aromatic nitrogens is 2. The number of hydrogen-bond donors (Lipinski definition) is 2. The molecule has 0 fully saturated rings. The van der Waals surface area contributed by atoms with Gasteiger partial charge in [-0.3, -0.25) is 4.79 Å². The van der Waals surface area contributed by atoms with Gasteiger partial charge in [-0.2, -0.15) is 0 Å². The molecule has 8 heteroatoms. The van der Waals surface area contributed by atoms with Gasteiger partial charge in [-0.25, -0.2) is 0 Å². The van der Waals surface area contributed by atoms with E-state index < -0.39 is 0 Å². The fourth-order valence-corrected chi connectivity index (χ4v) is 4.46. The van der Waals surface area contributed by atoms with Crippen molar-refractivity contribution in [2.45, 2.75) is 18.2 Å². The minimum absolute atomic E-state index is 0.0531. The summed E-state index contributed by atoms with van der Waals surface area (Å²) in [7, 11) is 0. The molecule has 5 nitrogen and oxygen atoms in total. The minimum Gasteiger partial charge on any atom is -0.330 e. The molecule has 0 spiro atoms. The lowest BCUT2D eigenvalue weighted by Gasteiger charge is -2.07. The lowest BCUT2D eigenvalue weighted by Crippen LogP contribution is -2.14. The van der Waals surface area contributed by atoms with Gasteiger partial charge in [0.1, 0.15) is 0 Å². The van der Waals surface area contributed by atoms with E-state index >= 15 is 0 Å². The molecule has 0 bridgehead atoms. The van der Waals surface area contributed by atoms with Crippen LogP contribution in [-0.2, 0) is 4.79 Å². The van der Waals surface area contributed by atoms with Crippen LogP contribution >= 0.6 is 45.7 Å². The summed E-state index contributed by atoms with van der Waals surface area (Å²) in [5.74, 6) is 0.243. The Labute approximate surface area is 174 Å². The number of rotatable bonds is 6. The molecule has 2 aromatic carbocycles. The van der Waals surface area contributed by atoms with Crippen LogP contribution in [0.2, 0.25) is 0 Å². The molecule has 0 aliphatic rings. The van der Waals surface area contributed by atoms with Crippen LogP contribution < -0.4 is 10.6 Å². The van der Waals surface area contributed by atoms with Crippen molar-refractivity contribution in [3.05, 3.63) is 57.2 Å². The predicted octanol–water partition coefficient (Wildman–Crippen LogP) is 5.23. The Hall–Kier alpha value is -1.65. The highest BCUT2D eigenvalue weighted by Gasteiger charge is 2.10. The molecule has 1 aromatic heterocycles. The maximum atomic E-state index is 12.2. The number of hydrogen-bond acceptors (Lipinski definition) is 6. The van der Waals surface area contributed by atoms with Crippen LogP contribution in [0.5, 0.6) is 0 Å². The van der Waals surface area contributed by atoms with Crippen molar-refractivity contribution >= 4 is 68.1 Å². The first-order valence-electron chi connectivity index (χ1n) is 7.85. The summed E-state index contributed by atoms with van der Waals surface area (Å²) >= 11 is 5.07. The number of carbonyl (C=O) groups is 1. The van der Waals surface area contributed by atoms with E-state index in [1.165, 1.54) is 28.7 Å². The smallest absolute Gasteiger partial charge is 0.234 e. The number of halogens is 1. The van der Waals surface area contributed by atoms with Crippen LogP contribution in [0.3, 0.4) is 0 Å². The number of benzene rings is 2. The maximum absolute atomic E-state index is 12.2. The van der Waals surface area contributed by atoms with E-state index in [-0.39, 0.29) is 5.91 Å². The lowest BCUT2D eigenvalue weighted by atomic mass is 10.2. The topological polar surface area (TPSA) is 66.9 Å². The first-order valence-corrected chi connectivity index (χ1v) is 10.7. The molecule has 134 valence electrons. The third kappa shape index (κ3) is 5.42. The van der Waals surface area contributed by atoms with E-state index in [0.29, 0.717) is 10.9 Å². The van der Waals surface area contributed by atoms with Gasteiger partial charge in [-0.05, 0) is 77.9 Å². The molecule has 0 unspecified atom stereocenters. The van der Waals surface area contributed by atoms with Crippen LogP contribution in [-0.4, -0.2) is 21.9 Å². The summed E-state index contributed by atoms with van der Waals surface area (Å²) in [5.41, 5.74) is 4.05. The highest BCUT2D eigenvalue weighted by atomic mass is 127. The summed E-state index contributed by atoms with van der Waals surface area (Å²) in [6.45, 7) is 4.03. The van der Waals surface area contributed by atoms with Gasteiger partial charge in [0.25, 0.3) is 0 Å². The number of thioether (sulfide) groups is 1. The average Bonchev–Trinajstić information content (AvgIpc) is 3.03. The second-order valence-corrected chi connectivity index (χ2v) is 9.11. The summed E-state index contributed by atoms with van der Waals surface area (Å²) in [6.07, 6.45) is 0. The van der Waals surface area contributed by atoms with Gasteiger partial charge < -0.3 is 10.6 Å². The van der Waals surface area contributed by atoms with Crippen LogP contribution in [0.25, 0.3) is 0 Å². The molecule has 0 saturated heterocycles. The van der Waals surface area contributed by atoms with Crippen molar-refractivity contribution in [3.8, 4) is 0 Å². The number of carbonyl (C=O) groups excluding carboxylic acids is 1.